The first-order valence-electron chi connectivity index (χ1n) is 6.50. The van der Waals surface area contributed by atoms with E-state index in [0.717, 1.165) is 23.2 Å². The van der Waals surface area contributed by atoms with Crippen LogP contribution in [0.4, 0.5) is 5.69 Å². The Morgan fingerprint density at radius 3 is 2.84 bits per heavy atom. The zero-order chi connectivity index (χ0) is 13.8. The number of rotatable bonds is 2. The van der Waals surface area contributed by atoms with Gasteiger partial charge in [0, 0.05) is 12.2 Å². The van der Waals surface area contributed by atoms with Crippen LogP contribution in [-0.2, 0) is 16.8 Å². The van der Waals surface area contributed by atoms with Gasteiger partial charge in [0.25, 0.3) is 6.01 Å². The van der Waals surface area contributed by atoms with Gasteiger partial charge in [0.2, 0.25) is 5.91 Å². The van der Waals surface area contributed by atoms with Gasteiger partial charge in [-0.05, 0) is 38.0 Å². The Labute approximate surface area is 111 Å². The summed E-state index contributed by atoms with van der Waals surface area (Å²) in [4.78, 5) is 16.1. The summed E-state index contributed by atoms with van der Waals surface area (Å²) >= 11 is 0. The number of fused-ring (bicyclic) bond motifs is 2. The lowest BCUT2D eigenvalue weighted by atomic mass is 9.86. The van der Waals surface area contributed by atoms with E-state index in [2.05, 4.69) is 10.3 Å². The molecule has 2 N–H and O–H groups in total. The Bertz CT molecular complexity index is 686. The molecule has 2 aromatic rings. The van der Waals surface area contributed by atoms with Gasteiger partial charge < -0.3 is 10.4 Å². The number of carbonyl (C=O) groups excluding carboxylic acids is 1. The fourth-order valence-corrected chi connectivity index (χ4v) is 2.62. The average molecular weight is 259 g/mol. The molecule has 0 radical (unpaired) electrons. The molecule has 5 nitrogen and oxygen atoms in total. The summed E-state index contributed by atoms with van der Waals surface area (Å²) in [6.45, 7) is 6.57. The zero-order valence-electron chi connectivity index (χ0n) is 11.3. The SMILES string of the molecule is CCCn1c(O)nc2cc3c(cc21)C(C)(C)C(=O)N3. The van der Waals surface area contributed by atoms with E-state index < -0.39 is 5.41 Å². The average Bonchev–Trinajstić information content (AvgIpc) is 2.75. The van der Waals surface area contributed by atoms with Crippen LogP contribution in [0.5, 0.6) is 6.01 Å². The van der Waals surface area contributed by atoms with Gasteiger partial charge in [0.15, 0.2) is 0 Å². The Balaban J connectivity index is 2.27. The molecule has 0 atom stereocenters. The highest BCUT2D eigenvalue weighted by Crippen LogP contribution is 2.40. The summed E-state index contributed by atoms with van der Waals surface area (Å²) in [7, 11) is 0. The van der Waals surface area contributed by atoms with E-state index in [4.69, 9.17) is 0 Å². The minimum atomic E-state index is -0.541. The smallest absolute Gasteiger partial charge is 0.294 e. The van der Waals surface area contributed by atoms with Gasteiger partial charge in [-0.2, -0.15) is 4.98 Å². The van der Waals surface area contributed by atoms with Crippen LogP contribution in [0.25, 0.3) is 11.0 Å². The highest BCUT2D eigenvalue weighted by atomic mass is 16.3. The van der Waals surface area contributed by atoms with Gasteiger partial charge in [-0.1, -0.05) is 6.92 Å². The molecule has 1 aliphatic heterocycles. The lowest BCUT2D eigenvalue weighted by Crippen LogP contribution is -2.26. The lowest BCUT2D eigenvalue weighted by molar-refractivity contribution is -0.119. The molecule has 1 aliphatic rings. The number of benzene rings is 1. The summed E-state index contributed by atoms with van der Waals surface area (Å²) in [5, 5.41) is 12.8. The van der Waals surface area contributed by atoms with Gasteiger partial charge >= 0.3 is 0 Å². The normalized spacial score (nSPS) is 16.7. The van der Waals surface area contributed by atoms with Crippen molar-refractivity contribution in [1.82, 2.24) is 9.55 Å². The Morgan fingerprint density at radius 2 is 2.16 bits per heavy atom. The van der Waals surface area contributed by atoms with Crippen molar-refractivity contribution in [1.29, 1.82) is 0 Å². The van der Waals surface area contributed by atoms with Crippen molar-refractivity contribution in [2.75, 3.05) is 5.32 Å². The molecule has 0 bridgehead atoms. The first-order chi connectivity index (χ1) is 8.95. The third-order valence-electron chi connectivity index (χ3n) is 3.80. The monoisotopic (exact) mass is 259 g/mol. The van der Waals surface area contributed by atoms with E-state index in [0.29, 0.717) is 12.1 Å². The molecule has 1 aromatic carbocycles. The predicted octanol–water partition coefficient (Wildman–Crippen LogP) is 2.38. The van der Waals surface area contributed by atoms with E-state index in [-0.39, 0.29) is 11.9 Å². The highest BCUT2D eigenvalue weighted by molar-refractivity contribution is 6.07. The Kier molecular flexibility index (Phi) is 2.36. The second-order valence-electron chi connectivity index (χ2n) is 5.53. The van der Waals surface area contributed by atoms with Crippen LogP contribution in [0.2, 0.25) is 0 Å². The molecule has 0 unspecified atom stereocenters. The van der Waals surface area contributed by atoms with Crippen LogP contribution in [-0.4, -0.2) is 20.6 Å². The number of aromatic hydroxyl groups is 1. The molecule has 0 spiro atoms. The van der Waals surface area contributed by atoms with Crippen molar-refractivity contribution in [2.24, 2.45) is 0 Å². The fourth-order valence-electron chi connectivity index (χ4n) is 2.62. The molecule has 19 heavy (non-hydrogen) atoms. The number of carbonyl (C=O) groups is 1. The molecule has 0 saturated carbocycles. The molecular formula is C14H17N3O2. The number of aromatic nitrogens is 2. The number of aryl methyl sites for hydroxylation is 1. The second-order valence-corrected chi connectivity index (χ2v) is 5.53. The van der Waals surface area contributed by atoms with Gasteiger partial charge in [-0.15, -0.1) is 0 Å². The summed E-state index contributed by atoms with van der Waals surface area (Å²) in [6, 6.07) is 3.83. The number of anilines is 1. The van der Waals surface area contributed by atoms with E-state index in [1.54, 1.807) is 4.57 Å². The Hall–Kier alpha value is -2.04. The first-order valence-corrected chi connectivity index (χ1v) is 6.50. The summed E-state index contributed by atoms with van der Waals surface area (Å²) in [5.41, 5.74) is 2.80. The molecule has 100 valence electrons. The molecular weight excluding hydrogens is 242 g/mol. The molecule has 3 rings (SSSR count). The highest BCUT2D eigenvalue weighted by Gasteiger charge is 2.39. The Morgan fingerprint density at radius 1 is 1.42 bits per heavy atom. The van der Waals surface area contributed by atoms with Gasteiger partial charge in [-0.25, -0.2) is 0 Å². The van der Waals surface area contributed by atoms with Crippen molar-refractivity contribution in [2.45, 2.75) is 39.2 Å². The van der Waals surface area contributed by atoms with Crippen molar-refractivity contribution >= 4 is 22.6 Å². The minimum Gasteiger partial charge on any atom is -0.480 e. The van der Waals surface area contributed by atoms with Crippen LogP contribution in [0.15, 0.2) is 12.1 Å². The lowest BCUT2D eigenvalue weighted by Gasteiger charge is -2.15. The van der Waals surface area contributed by atoms with Crippen molar-refractivity contribution in [3.8, 4) is 6.01 Å². The quantitative estimate of drug-likeness (QED) is 0.870. The predicted molar refractivity (Wildman–Crippen MR) is 73.3 cm³/mol. The molecule has 5 heteroatoms. The van der Waals surface area contributed by atoms with Gasteiger partial charge in [-0.3, -0.25) is 9.36 Å². The van der Waals surface area contributed by atoms with Gasteiger partial charge in [0.05, 0.1) is 16.4 Å². The maximum atomic E-state index is 11.9. The molecule has 1 aromatic heterocycles. The number of nitrogens with one attached hydrogen (secondary N) is 1. The maximum absolute atomic E-state index is 11.9. The summed E-state index contributed by atoms with van der Waals surface area (Å²) < 4.78 is 1.79. The number of hydrogen-bond donors (Lipinski definition) is 2. The number of amides is 1. The molecule has 0 saturated heterocycles. The first kappa shape index (κ1) is 12.0. The van der Waals surface area contributed by atoms with Crippen LogP contribution < -0.4 is 5.32 Å². The third-order valence-corrected chi connectivity index (χ3v) is 3.80. The maximum Gasteiger partial charge on any atom is 0.294 e. The molecule has 0 aliphatic carbocycles. The molecule has 1 amide bonds. The van der Waals surface area contributed by atoms with Crippen LogP contribution in [0, 0.1) is 0 Å². The van der Waals surface area contributed by atoms with Crippen molar-refractivity contribution < 1.29 is 9.90 Å². The summed E-state index contributed by atoms with van der Waals surface area (Å²) in [6.07, 6.45) is 0.913. The van der Waals surface area contributed by atoms with E-state index >= 15 is 0 Å². The standard InChI is InChI=1S/C14H17N3O2/c1-4-5-17-11-6-8-9(7-10(11)16-13(17)19)15-12(18)14(8,2)3/h6-7H,4-5H2,1-3H3,(H,15,18)(H,16,19). The number of imidazole rings is 1. The minimum absolute atomic E-state index is 0.00131. The van der Waals surface area contributed by atoms with Crippen LogP contribution >= 0.6 is 0 Å². The van der Waals surface area contributed by atoms with Crippen molar-refractivity contribution in [3.05, 3.63) is 17.7 Å². The van der Waals surface area contributed by atoms with Crippen LogP contribution in [0.1, 0.15) is 32.8 Å². The van der Waals surface area contributed by atoms with E-state index in [1.165, 1.54) is 0 Å². The second kappa shape index (κ2) is 3.73. The molecule has 0 fully saturated rings. The van der Waals surface area contributed by atoms with Gasteiger partial charge in [0.1, 0.15) is 0 Å². The molecule has 2 heterocycles. The number of hydrogen-bond acceptors (Lipinski definition) is 3. The van der Waals surface area contributed by atoms with E-state index in [1.807, 2.05) is 32.9 Å². The topological polar surface area (TPSA) is 67.1 Å². The zero-order valence-corrected chi connectivity index (χ0v) is 11.3. The van der Waals surface area contributed by atoms with Crippen molar-refractivity contribution in [3.63, 3.8) is 0 Å². The van der Waals surface area contributed by atoms with Crippen LogP contribution in [0.3, 0.4) is 0 Å². The number of nitrogens with zero attached hydrogens (tertiary/aromatic N) is 2. The largest absolute Gasteiger partial charge is 0.480 e. The van der Waals surface area contributed by atoms with E-state index in [9.17, 15) is 9.90 Å². The fraction of sp³-hybridized carbons (Fsp3) is 0.429. The summed E-state index contributed by atoms with van der Waals surface area (Å²) in [5.74, 6) is 0.00131. The third kappa shape index (κ3) is 1.54.